The first kappa shape index (κ1) is 22.4. The van der Waals surface area contributed by atoms with Crippen molar-refractivity contribution in [1.29, 1.82) is 0 Å². The van der Waals surface area contributed by atoms with Gasteiger partial charge in [0.25, 0.3) is 10.9 Å². The maximum atomic E-state index is 13.0. The van der Waals surface area contributed by atoms with Gasteiger partial charge in [0.2, 0.25) is 15.9 Å². The summed E-state index contributed by atoms with van der Waals surface area (Å²) in [5, 5.41) is 19.8. The number of piperazine rings is 1. The minimum atomic E-state index is -3.83. The van der Waals surface area contributed by atoms with Crippen LogP contribution >= 0.6 is 11.8 Å². The van der Waals surface area contributed by atoms with Crippen LogP contribution in [0.3, 0.4) is 0 Å². The molecule has 0 aliphatic carbocycles. The van der Waals surface area contributed by atoms with Gasteiger partial charge in [0.1, 0.15) is 0 Å². The fourth-order valence-electron chi connectivity index (χ4n) is 3.33. The number of likely N-dealkylation sites (N-methyl/N-ethyl adjacent to an activating group) is 1. The third kappa shape index (κ3) is 4.53. The Morgan fingerprint density at radius 2 is 1.81 bits per heavy atom. The molecule has 2 aromatic carbocycles. The molecule has 1 aliphatic rings. The van der Waals surface area contributed by atoms with Crippen molar-refractivity contribution >= 4 is 27.5 Å². The van der Waals surface area contributed by atoms with Crippen molar-refractivity contribution in [2.24, 2.45) is 0 Å². The lowest BCUT2D eigenvalue weighted by Crippen LogP contribution is -2.47. The smallest absolute Gasteiger partial charge is 0.284 e. The lowest BCUT2D eigenvalue weighted by molar-refractivity contribution is -0.388. The Balaban J connectivity index is 1.61. The third-order valence-electron chi connectivity index (χ3n) is 5.21. The number of rotatable bonds is 6. The van der Waals surface area contributed by atoms with Gasteiger partial charge in [-0.15, -0.1) is 10.2 Å². The molecule has 1 saturated heterocycles. The molecule has 10 nitrogen and oxygen atoms in total. The number of hydrogen-bond acceptors (Lipinski definition) is 9. The van der Waals surface area contributed by atoms with E-state index in [0.29, 0.717) is 32.1 Å². The Labute approximate surface area is 189 Å². The highest BCUT2D eigenvalue weighted by Gasteiger charge is 2.30. The van der Waals surface area contributed by atoms with E-state index in [1.807, 2.05) is 43.1 Å². The lowest BCUT2D eigenvalue weighted by atomic mass is 10.1. The second kappa shape index (κ2) is 8.98. The molecule has 2 heterocycles. The van der Waals surface area contributed by atoms with Gasteiger partial charge < -0.3 is 9.32 Å². The van der Waals surface area contributed by atoms with Crippen molar-refractivity contribution < 1.29 is 17.8 Å². The predicted octanol–water partition coefficient (Wildman–Crippen LogP) is 3.04. The average molecular weight is 476 g/mol. The zero-order valence-corrected chi connectivity index (χ0v) is 19.1. The molecule has 1 fully saturated rings. The molecule has 168 valence electrons. The Morgan fingerprint density at radius 3 is 2.50 bits per heavy atom. The molecular formula is C20H21N5O5S2. The Morgan fingerprint density at radius 1 is 1.09 bits per heavy atom. The fourth-order valence-corrected chi connectivity index (χ4v) is 5.54. The van der Waals surface area contributed by atoms with E-state index in [9.17, 15) is 18.5 Å². The van der Waals surface area contributed by atoms with E-state index in [1.54, 1.807) is 0 Å². The summed E-state index contributed by atoms with van der Waals surface area (Å²) >= 11 is 0.922. The van der Waals surface area contributed by atoms with Gasteiger partial charge in [0.05, 0.1) is 14.7 Å². The second-order valence-corrected chi connectivity index (χ2v) is 10.3. The first-order chi connectivity index (χ1) is 15.3. The van der Waals surface area contributed by atoms with Crippen LogP contribution in [0, 0.1) is 17.0 Å². The van der Waals surface area contributed by atoms with Gasteiger partial charge in [0, 0.05) is 37.8 Å². The van der Waals surface area contributed by atoms with E-state index in [-0.39, 0.29) is 20.7 Å². The molecule has 12 heteroatoms. The quantitative estimate of drug-likeness (QED) is 0.391. The summed E-state index contributed by atoms with van der Waals surface area (Å²) in [5.41, 5.74) is 1.40. The number of hydrogen-bond donors (Lipinski definition) is 0. The number of benzene rings is 2. The summed E-state index contributed by atoms with van der Waals surface area (Å²) in [6, 6.07) is 11.4. The Bertz CT molecular complexity index is 1250. The molecule has 0 spiro atoms. The Kier molecular flexibility index (Phi) is 6.29. The number of sulfonamides is 1. The van der Waals surface area contributed by atoms with Crippen molar-refractivity contribution in [1.82, 2.24) is 19.4 Å². The molecule has 1 aliphatic heterocycles. The van der Waals surface area contributed by atoms with Gasteiger partial charge in [0.15, 0.2) is 0 Å². The highest BCUT2D eigenvalue weighted by atomic mass is 32.2. The summed E-state index contributed by atoms with van der Waals surface area (Å²) in [6.45, 7) is 3.81. The monoisotopic (exact) mass is 475 g/mol. The van der Waals surface area contributed by atoms with Crippen LogP contribution in [0.4, 0.5) is 5.69 Å². The number of aryl methyl sites for hydroxylation is 1. The largest absolute Gasteiger partial charge is 0.411 e. The molecule has 4 rings (SSSR count). The van der Waals surface area contributed by atoms with E-state index in [0.717, 1.165) is 29.0 Å². The van der Waals surface area contributed by atoms with E-state index < -0.39 is 14.9 Å². The molecule has 32 heavy (non-hydrogen) atoms. The highest BCUT2D eigenvalue weighted by Crippen LogP contribution is 2.37. The number of aromatic nitrogens is 2. The summed E-state index contributed by atoms with van der Waals surface area (Å²) in [6.07, 6.45) is 0. The van der Waals surface area contributed by atoms with Crippen molar-refractivity contribution in [2.75, 3.05) is 33.2 Å². The molecule has 0 bridgehead atoms. The minimum Gasteiger partial charge on any atom is -0.411 e. The van der Waals surface area contributed by atoms with Crippen LogP contribution < -0.4 is 0 Å². The highest BCUT2D eigenvalue weighted by molar-refractivity contribution is 7.99. The van der Waals surface area contributed by atoms with Crippen molar-refractivity contribution in [3.63, 3.8) is 0 Å². The van der Waals surface area contributed by atoms with Gasteiger partial charge in [-0.2, -0.15) is 4.31 Å². The van der Waals surface area contributed by atoms with Crippen molar-refractivity contribution in [3.8, 4) is 11.5 Å². The summed E-state index contributed by atoms with van der Waals surface area (Å²) in [5.74, 6) is 0.308. The van der Waals surface area contributed by atoms with E-state index in [1.165, 1.54) is 16.4 Å². The van der Waals surface area contributed by atoms with Crippen molar-refractivity contribution in [3.05, 3.63) is 58.1 Å². The summed E-state index contributed by atoms with van der Waals surface area (Å²) in [4.78, 5) is 13.2. The molecule has 0 atom stereocenters. The molecule has 3 aromatic rings. The van der Waals surface area contributed by atoms with Crippen LogP contribution in [0.1, 0.15) is 5.56 Å². The maximum absolute atomic E-state index is 13.0. The van der Waals surface area contributed by atoms with Crippen molar-refractivity contribution in [2.45, 2.75) is 21.9 Å². The van der Waals surface area contributed by atoms with Gasteiger partial charge in [-0.1, -0.05) is 18.2 Å². The maximum Gasteiger partial charge on any atom is 0.284 e. The number of nitro groups is 1. The standard InChI is InChI=1S/C20H21N5O5S2/c1-14-5-3-4-6-16(14)19-21-22-20(30-19)31-18-8-7-15(13-17(18)25(26)27)32(28,29)24-11-9-23(2)10-12-24/h3-8,13H,9-12H2,1-2H3. The normalized spacial score (nSPS) is 15.7. The van der Waals surface area contributed by atoms with Crippen LogP contribution in [-0.2, 0) is 10.0 Å². The van der Waals surface area contributed by atoms with E-state index in [4.69, 9.17) is 4.42 Å². The zero-order chi connectivity index (χ0) is 22.9. The average Bonchev–Trinajstić information content (AvgIpc) is 3.22. The first-order valence-corrected chi connectivity index (χ1v) is 12.1. The SMILES string of the molecule is Cc1ccccc1-c1nnc(Sc2ccc(S(=O)(=O)N3CCN(C)CC3)cc2[N+](=O)[O-])o1. The molecule has 0 saturated carbocycles. The van der Waals surface area contributed by atoms with E-state index >= 15 is 0 Å². The molecule has 0 amide bonds. The van der Waals surface area contributed by atoms with Gasteiger partial charge >= 0.3 is 0 Å². The fraction of sp³-hybridized carbons (Fsp3) is 0.300. The summed E-state index contributed by atoms with van der Waals surface area (Å²) in [7, 11) is -1.91. The van der Waals surface area contributed by atoms with Gasteiger partial charge in [-0.3, -0.25) is 10.1 Å². The molecule has 0 radical (unpaired) electrons. The Hall–Kier alpha value is -2.80. The van der Waals surface area contributed by atoms with Crippen LogP contribution in [-0.4, -0.2) is 66.0 Å². The number of nitrogens with zero attached hydrogens (tertiary/aromatic N) is 5. The topological polar surface area (TPSA) is 123 Å². The minimum absolute atomic E-state index is 0.107. The van der Waals surface area contributed by atoms with Crippen LogP contribution in [0.25, 0.3) is 11.5 Å². The van der Waals surface area contributed by atoms with Gasteiger partial charge in [-0.25, -0.2) is 8.42 Å². The van der Waals surface area contributed by atoms with Crippen LogP contribution in [0.15, 0.2) is 61.9 Å². The zero-order valence-electron chi connectivity index (χ0n) is 17.5. The summed E-state index contributed by atoms with van der Waals surface area (Å²) < 4.78 is 33.0. The van der Waals surface area contributed by atoms with Gasteiger partial charge in [-0.05, 0) is 49.5 Å². The first-order valence-electron chi connectivity index (χ1n) is 9.80. The lowest BCUT2D eigenvalue weighted by Gasteiger charge is -2.31. The van der Waals surface area contributed by atoms with Crippen LogP contribution in [0.2, 0.25) is 0 Å². The molecule has 0 N–H and O–H groups in total. The van der Waals surface area contributed by atoms with Crippen LogP contribution in [0.5, 0.6) is 0 Å². The third-order valence-corrected chi connectivity index (χ3v) is 8.01. The predicted molar refractivity (Wildman–Crippen MR) is 118 cm³/mol. The molecule has 0 unspecified atom stereocenters. The molecular weight excluding hydrogens is 454 g/mol. The number of nitro benzene ring substituents is 1. The second-order valence-electron chi connectivity index (χ2n) is 7.38. The molecule has 1 aromatic heterocycles. The van der Waals surface area contributed by atoms with E-state index in [2.05, 4.69) is 10.2 Å².